The summed E-state index contributed by atoms with van der Waals surface area (Å²) in [6.07, 6.45) is 0. The van der Waals surface area contributed by atoms with Crippen LogP contribution in [-0.4, -0.2) is 4.92 Å². The maximum atomic E-state index is 10.4. The molecule has 13 heavy (non-hydrogen) atoms. The first-order chi connectivity index (χ1) is 5.95. The minimum Gasteiger partial charge on any atom is -0.398 e. The number of nitro groups is 1. The van der Waals surface area contributed by atoms with E-state index in [4.69, 9.17) is 28.9 Å². The van der Waals surface area contributed by atoms with Gasteiger partial charge in [-0.1, -0.05) is 23.2 Å². The van der Waals surface area contributed by atoms with E-state index in [0.29, 0.717) is 4.47 Å². The highest BCUT2D eigenvalue weighted by molar-refractivity contribution is 9.10. The lowest BCUT2D eigenvalue weighted by atomic mass is 10.3. The Morgan fingerprint density at radius 2 is 2.00 bits per heavy atom. The number of nitrogens with zero attached hydrogens (tertiary/aromatic N) is 1. The lowest BCUT2D eigenvalue weighted by molar-refractivity contribution is -0.384. The minimum absolute atomic E-state index is 0.0494. The molecule has 0 radical (unpaired) electrons. The fourth-order valence-electron chi connectivity index (χ4n) is 0.742. The van der Waals surface area contributed by atoms with Gasteiger partial charge in [-0.2, -0.15) is 0 Å². The van der Waals surface area contributed by atoms with Gasteiger partial charge in [-0.3, -0.25) is 10.1 Å². The maximum absolute atomic E-state index is 10.4. The second-order valence-corrected chi connectivity index (χ2v) is 3.73. The molecule has 0 amide bonds. The van der Waals surface area contributed by atoms with Gasteiger partial charge in [0.05, 0.1) is 20.1 Å². The Bertz CT molecular complexity index is 383. The van der Waals surface area contributed by atoms with E-state index in [0.717, 1.165) is 6.07 Å². The zero-order valence-corrected chi connectivity index (χ0v) is 9.15. The van der Waals surface area contributed by atoms with Crippen LogP contribution in [0.1, 0.15) is 0 Å². The Labute approximate surface area is 91.9 Å². The van der Waals surface area contributed by atoms with E-state index >= 15 is 0 Å². The molecule has 7 heteroatoms. The van der Waals surface area contributed by atoms with E-state index in [2.05, 4.69) is 15.9 Å². The van der Waals surface area contributed by atoms with Crippen molar-refractivity contribution in [1.82, 2.24) is 0 Å². The molecule has 0 aliphatic carbocycles. The van der Waals surface area contributed by atoms with Crippen molar-refractivity contribution in [2.75, 3.05) is 5.73 Å². The smallest absolute Gasteiger partial charge is 0.291 e. The highest BCUT2D eigenvalue weighted by Gasteiger charge is 2.19. The van der Waals surface area contributed by atoms with Crippen molar-refractivity contribution in [3.05, 3.63) is 30.7 Å². The molecule has 0 aliphatic heterocycles. The van der Waals surface area contributed by atoms with Gasteiger partial charge in [-0.25, -0.2) is 0 Å². The van der Waals surface area contributed by atoms with Crippen LogP contribution in [0.3, 0.4) is 0 Å². The molecule has 0 atom stereocenters. The molecule has 2 N–H and O–H groups in total. The number of benzene rings is 1. The largest absolute Gasteiger partial charge is 0.398 e. The summed E-state index contributed by atoms with van der Waals surface area (Å²) in [5, 5.41) is 10.4. The van der Waals surface area contributed by atoms with Crippen molar-refractivity contribution in [3.63, 3.8) is 0 Å². The normalized spacial score (nSPS) is 10.1. The van der Waals surface area contributed by atoms with E-state index in [1.807, 2.05) is 0 Å². The van der Waals surface area contributed by atoms with Crippen molar-refractivity contribution in [3.8, 4) is 0 Å². The summed E-state index contributed by atoms with van der Waals surface area (Å²) in [5.74, 6) is 0. The van der Waals surface area contributed by atoms with Gasteiger partial charge < -0.3 is 5.73 Å². The predicted octanol–water partition coefficient (Wildman–Crippen LogP) is 3.25. The van der Waals surface area contributed by atoms with E-state index in [-0.39, 0.29) is 21.4 Å². The average Bonchev–Trinajstić information content (AvgIpc) is 2.07. The lowest BCUT2D eigenvalue weighted by Gasteiger charge is -2.03. The van der Waals surface area contributed by atoms with Crippen molar-refractivity contribution in [1.29, 1.82) is 0 Å². The standard InChI is InChI=1S/C6H3BrCl2N2O2/c7-4-2(10)1-3(11(12)13)5(8)6(4)9/h1H,10H2. The Kier molecular flexibility index (Phi) is 3.00. The van der Waals surface area contributed by atoms with Crippen LogP contribution in [-0.2, 0) is 0 Å². The van der Waals surface area contributed by atoms with Crippen LogP contribution in [0.2, 0.25) is 10.0 Å². The molecule has 0 spiro atoms. The van der Waals surface area contributed by atoms with Gasteiger partial charge in [0, 0.05) is 6.07 Å². The van der Waals surface area contributed by atoms with Gasteiger partial charge in [0.15, 0.2) is 0 Å². The Morgan fingerprint density at radius 3 is 2.46 bits per heavy atom. The summed E-state index contributed by atoms with van der Waals surface area (Å²) < 4.78 is 0.366. The second-order valence-electron chi connectivity index (χ2n) is 2.18. The molecule has 1 aromatic carbocycles. The third-order valence-electron chi connectivity index (χ3n) is 1.35. The van der Waals surface area contributed by atoms with Crippen molar-refractivity contribution in [2.45, 2.75) is 0 Å². The summed E-state index contributed by atoms with van der Waals surface area (Å²) >= 11 is 14.3. The molecule has 1 aromatic rings. The molecule has 0 heterocycles. The van der Waals surface area contributed by atoms with Crippen molar-refractivity contribution < 1.29 is 4.92 Å². The molecule has 70 valence electrons. The number of hydrogen-bond donors (Lipinski definition) is 1. The second kappa shape index (κ2) is 3.69. The Hall–Kier alpha value is -0.520. The third-order valence-corrected chi connectivity index (χ3v) is 3.29. The quantitative estimate of drug-likeness (QED) is 0.373. The van der Waals surface area contributed by atoms with Crippen LogP contribution in [0.15, 0.2) is 10.5 Å². The monoisotopic (exact) mass is 284 g/mol. The molecular formula is C6H3BrCl2N2O2. The van der Waals surface area contributed by atoms with Gasteiger partial charge in [0.2, 0.25) is 0 Å². The fourth-order valence-corrected chi connectivity index (χ4v) is 1.59. The van der Waals surface area contributed by atoms with Gasteiger partial charge in [-0.05, 0) is 15.9 Å². The highest BCUT2D eigenvalue weighted by atomic mass is 79.9. The lowest BCUT2D eigenvalue weighted by Crippen LogP contribution is -1.94. The number of rotatable bonds is 1. The average molecular weight is 286 g/mol. The molecule has 4 nitrogen and oxygen atoms in total. The molecule has 0 saturated heterocycles. The predicted molar refractivity (Wildman–Crippen MR) is 55.2 cm³/mol. The van der Waals surface area contributed by atoms with Crippen LogP contribution in [0.4, 0.5) is 11.4 Å². The first kappa shape index (κ1) is 10.6. The van der Waals surface area contributed by atoms with Crippen LogP contribution in [0.25, 0.3) is 0 Å². The third kappa shape index (κ3) is 1.87. The number of hydrogen-bond acceptors (Lipinski definition) is 3. The fraction of sp³-hybridized carbons (Fsp3) is 0. The van der Waals surface area contributed by atoms with Gasteiger partial charge in [0.25, 0.3) is 5.69 Å². The van der Waals surface area contributed by atoms with Gasteiger partial charge in [0.1, 0.15) is 5.02 Å². The number of nitrogens with two attached hydrogens (primary N) is 1. The molecule has 1 rings (SSSR count). The molecule has 0 fully saturated rings. The van der Waals surface area contributed by atoms with Crippen molar-refractivity contribution in [2.24, 2.45) is 0 Å². The first-order valence-electron chi connectivity index (χ1n) is 3.02. The Balaban J connectivity index is 3.50. The molecule has 0 aliphatic rings. The zero-order chi connectivity index (χ0) is 10.2. The first-order valence-corrected chi connectivity index (χ1v) is 4.57. The van der Waals surface area contributed by atoms with E-state index in [1.165, 1.54) is 0 Å². The maximum Gasteiger partial charge on any atom is 0.291 e. The van der Waals surface area contributed by atoms with E-state index in [9.17, 15) is 10.1 Å². The molecule has 0 bridgehead atoms. The van der Waals surface area contributed by atoms with Crippen LogP contribution in [0.5, 0.6) is 0 Å². The van der Waals surface area contributed by atoms with Crippen molar-refractivity contribution >= 4 is 50.5 Å². The topological polar surface area (TPSA) is 69.2 Å². The molecular weight excluding hydrogens is 283 g/mol. The highest BCUT2D eigenvalue weighted by Crippen LogP contribution is 2.40. The van der Waals surface area contributed by atoms with Gasteiger partial charge in [-0.15, -0.1) is 0 Å². The summed E-state index contributed by atoms with van der Waals surface area (Å²) in [6.45, 7) is 0. The van der Waals surface area contributed by atoms with Gasteiger partial charge >= 0.3 is 0 Å². The number of nitrogen functional groups attached to an aromatic ring is 1. The summed E-state index contributed by atoms with van der Waals surface area (Å²) in [4.78, 5) is 9.79. The molecule has 0 unspecified atom stereocenters. The molecule has 0 aromatic heterocycles. The SMILES string of the molecule is Nc1cc([N+](=O)[O-])c(Cl)c(Cl)c1Br. The number of halogens is 3. The number of nitro benzene ring substituents is 1. The van der Waals surface area contributed by atoms with Crippen LogP contribution < -0.4 is 5.73 Å². The summed E-state index contributed by atoms with van der Waals surface area (Å²) in [7, 11) is 0. The molecule has 0 saturated carbocycles. The summed E-state index contributed by atoms with van der Waals surface area (Å²) in [6, 6.07) is 1.15. The zero-order valence-electron chi connectivity index (χ0n) is 6.05. The summed E-state index contributed by atoms with van der Waals surface area (Å²) in [5.41, 5.74) is 5.32. The van der Waals surface area contributed by atoms with Crippen LogP contribution >= 0.6 is 39.1 Å². The van der Waals surface area contributed by atoms with Crippen LogP contribution in [0, 0.1) is 10.1 Å². The Morgan fingerprint density at radius 1 is 1.46 bits per heavy atom. The minimum atomic E-state index is -0.642. The van der Waals surface area contributed by atoms with E-state index in [1.54, 1.807) is 0 Å². The van der Waals surface area contributed by atoms with E-state index < -0.39 is 4.92 Å². The number of anilines is 1.